The van der Waals surface area contributed by atoms with Crippen molar-refractivity contribution >= 4 is 65.7 Å². The topological polar surface area (TPSA) is 48.8 Å². The number of nitrogens with zero attached hydrogens (tertiary/aromatic N) is 4. The van der Waals surface area contributed by atoms with Crippen LogP contribution in [0.1, 0.15) is 0 Å². The van der Waals surface area contributed by atoms with E-state index in [9.17, 15) is 0 Å². The second-order valence-electron chi connectivity index (χ2n) is 13.0. The molecule has 0 N–H and O–H groups in total. The second kappa shape index (κ2) is 10.8. The summed E-state index contributed by atoms with van der Waals surface area (Å²) in [5.41, 5.74) is 11.8. The van der Waals surface area contributed by atoms with Gasteiger partial charge in [-0.15, -0.1) is 0 Å². The third-order valence-electron chi connectivity index (χ3n) is 10.1. The Bertz CT molecular complexity index is 3120. The summed E-state index contributed by atoms with van der Waals surface area (Å²) in [7, 11) is 0. The highest BCUT2D eigenvalue weighted by atomic mass is 16.3. The third-order valence-corrected chi connectivity index (χ3v) is 10.1. The minimum absolute atomic E-state index is 0.670. The molecule has 0 unspecified atom stereocenters. The molecule has 11 rings (SSSR count). The van der Waals surface area contributed by atoms with E-state index >= 15 is 0 Å². The van der Waals surface area contributed by atoms with Gasteiger partial charge in [0.2, 0.25) is 0 Å². The minimum atomic E-state index is 0.670. The van der Waals surface area contributed by atoms with Crippen LogP contribution in [-0.2, 0) is 0 Å². The van der Waals surface area contributed by atoms with Crippen molar-refractivity contribution in [2.75, 3.05) is 0 Å². The first-order chi connectivity index (χ1) is 25.3. The average Bonchev–Trinajstić information content (AvgIpc) is 3.85. The van der Waals surface area contributed by atoms with E-state index in [0.29, 0.717) is 11.4 Å². The van der Waals surface area contributed by atoms with Crippen LogP contribution in [0.5, 0.6) is 0 Å². The molecule has 0 saturated carbocycles. The van der Waals surface area contributed by atoms with Gasteiger partial charge in [0.15, 0.2) is 11.4 Å². The number of hydrogen-bond donors (Lipinski definition) is 0. The van der Waals surface area contributed by atoms with Gasteiger partial charge in [0, 0.05) is 43.7 Å². The molecular formula is C46H28N4O. The van der Waals surface area contributed by atoms with E-state index in [4.69, 9.17) is 14.4 Å². The Morgan fingerprint density at radius 2 is 1.06 bits per heavy atom. The highest BCUT2D eigenvalue weighted by Crippen LogP contribution is 2.43. The van der Waals surface area contributed by atoms with Crippen LogP contribution in [0.3, 0.4) is 0 Å². The maximum Gasteiger partial charge on any atom is 0.180 e. The molecule has 0 radical (unpaired) electrons. The van der Waals surface area contributed by atoms with Crippen molar-refractivity contribution in [3.05, 3.63) is 170 Å². The van der Waals surface area contributed by atoms with Gasteiger partial charge in [-0.1, -0.05) is 121 Å². The van der Waals surface area contributed by atoms with E-state index < -0.39 is 0 Å². The predicted octanol–water partition coefficient (Wildman–Crippen LogP) is 11.9. The Morgan fingerprint density at radius 3 is 1.82 bits per heavy atom. The van der Waals surface area contributed by atoms with Crippen molar-refractivity contribution in [3.8, 4) is 34.0 Å². The van der Waals surface area contributed by atoms with E-state index in [0.717, 1.165) is 72.0 Å². The molecule has 0 fully saturated rings. The van der Waals surface area contributed by atoms with Crippen molar-refractivity contribution in [1.82, 2.24) is 19.1 Å². The summed E-state index contributed by atoms with van der Waals surface area (Å²) >= 11 is 0. The summed E-state index contributed by atoms with van der Waals surface area (Å²) in [4.78, 5) is 10.3. The van der Waals surface area contributed by atoms with Gasteiger partial charge in [0.1, 0.15) is 16.8 Å². The Kier molecular flexibility index (Phi) is 5.89. The van der Waals surface area contributed by atoms with Crippen molar-refractivity contribution in [2.24, 2.45) is 0 Å². The largest absolute Gasteiger partial charge is 0.452 e. The zero-order valence-electron chi connectivity index (χ0n) is 27.4. The summed E-state index contributed by atoms with van der Waals surface area (Å²) in [6, 6.07) is 59.5. The Balaban J connectivity index is 1.26. The number of para-hydroxylation sites is 3. The standard InChI is InChI=1S/C46H28N4O/c1-4-15-29(16-5-1)43-45-44(48-46(47-43)30-17-6-2-7-18-30)35-27-40-34(28-41(35)51-45)32-21-10-12-23-36(32)50(40)39-26-14-25-38-42(39)33-22-11-13-24-37(33)49(38)31-19-8-3-9-20-31/h1-28H. The minimum Gasteiger partial charge on any atom is -0.452 e. The van der Waals surface area contributed by atoms with Gasteiger partial charge in [-0.05, 0) is 48.5 Å². The van der Waals surface area contributed by atoms with Crippen LogP contribution in [-0.4, -0.2) is 19.1 Å². The Labute approximate surface area is 292 Å². The van der Waals surface area contributed by atoms with Gasteiger partial charge in [-0.3, -0.25) is 0 Å². The van der Waals surface area contributed by atoms with E-state index in [1.54, 1.807) is 0 Å². The van der Waals surface area contributed by atoms with Crippen molar-refractivity contribution in [3.63, 3.8) is 0 Å². The average molecular weight is 653 g/mol. The number of aromatic nitrogens is 4. The summed E-state index contributed by atoms with van der Waals surface area (Å²) in [6.07, 6.45) is 0. The lowest BCUT2D eigenvalue weighted by molar-refractivity contribution is 0.668. The maximum absolute atomic E-state index is 6.74. The van der Waals surface area contributed by atoms with Crippen LogP contribution in [0.25, 0.3) is 99.7 Å². The first kappa shape index (κ1) is 27.9. The fourth-order valence-corrected chi connectivity index (χ4v) is 7.91. The summed E-state index contributed by atoms with van der Waals surface area (Å²) in [6.45, 7) is 0. The van der Waals surface area contributed by atoms with Gasteiger partial charge in [-0.2, -0.15) is 0 Å². The number of furan rings is 1. The monoisotopic (exact) mass is 652 g/mol. The summed E-state index contributed by atoms with van der Waals surface area (Å²) in [5.74, 6) is 0.670. The predicted molar refractivity (Wildman–Crippen MR) is 209 cm³/mol. The molecule has 0 saturated heterocycles. The highest BCUT2D eigenvalue weighted by molar-refractivity contribution is 6.20. The van der Waals surface area contributed by atoms with Gasteiger partial charge < -0.3 is 13.6 Å². The van der Waals surface area contributed by atoms with Crippen LogP contribution >= 0.6 is 0 Å². The number of rotatable bonds is 4. The zero-order valence-corrected chi connectivity index (χ0v) is 27.4. The van der Waals surface area contributed by atoms with E-state index in [1.165, 1.54) is 16.3 Å². The summed E-state index contributed by atoms with van der Waals surface area (Å²) < 4.78 is 11.5. The molecule has 51 heavy (non-hydrogen) atoms. The first-order valence-corrected chi connectivity index (χ1v) is 17.2. The SMILES string of the molecule is c1ccc(-c2nc(-c3ccccc3)c3oc4cc5c6ccccc6n(-c6cccc7c6c6ccccc6n7-c6ccccc6)c5cc4c3n2)cc1. The lowest BCUT2D eigenvalue weighted by atomic mass is 10.1. The Morgan fingerprint density at radius 1 is 0.431 bits per heavy atom. The summed E-state index contributed by atoms with van der Waals surface area (Å²) in [5, 5.41) is 5.66. The van der Waals surface area contributed by atoms with Crippen molar-refractivity contribution in [1.29, 1.82) is 0 Å². The smallest absolute Gasteiger partial charge is 0.180 e. The molecule has 5 nitrogen and oxygen atoms in total. The van der Waals surface area contributed by atoms with Gasteiger partial charge in [0.25, 0.3) is 0 Å². The molecule has 0 spiro atoms. The molecule has 0 atom stereocenters. The second-order valence-corrected chi connectivity index (χ2v) is 13.0. The van der Waals surface area contributed by atoms with Crippen molar-refractivity contribution in [2.45, 2.75) is 0 Å². The molecular weight excluding hydrogens is 625 g/mol. The molecule has 7 aromatic carbocycles. The number of hydrogen-bond acceptors (Lipinski definition) is 3. The van der Waals surface area contributed by atoms with Gasteiger partial charge in [-0.25, -0.2) is 9.97 Å². The highest BCUT2D eigenvalue weighted by Gasteiger charge is 2.23. The molecule has 0 aliphatic rings. The van der Waals surface area contributed by atoms with Crippen LogP contribution in [0.4, 0.5) is 0 Å². The molecule has 4 aromatic heterocycles. The fraction of sp³-hybridized carbons (Fsp3) is 0. The molecule has 0 aliphatic carbocycles. The molecule has 11 aromatic rings. The molecule has 0 amide bonds. The normalized spacial score (nSPS) is 11.9. The number of benzene rings is 7. The van der Waals surface area contributed by atoms with Gasteiger partial charge >= 0.3 is 0 Å². The van der Waals surface area contributed by atoms with Gasteiger partial charge in [0.05, 0.1) is 27.8 Å². The van der Waals surface area contributed by atoms with Crippen molar-refractivity contribution < 1.29 is 4.42 Å². The molecule has 0 bridgehead atoms. The lowest BCUT2D eigenvalue weighted by Gasteiger charge is -2.11. The van der Waals surface area contributed by atoms with E-state index in [1.807, 2.05) is 36.4 Å². The molecule has 4 heterocycles. The van der Waals surface area contributed by atoms with Crippen LogP contribution in [0.15, 0.2) is 174 Å². The quantitative estimate of drug-likeness (QED) is 0.190. The fourth-order valence-electron chi connectivity index (χ4n) is 7.91. The maximum atomic E-state index is 6.74. The molecule has 5 heteroatoms. The van der Waals surface area contributed by atoms with Crippen LogP contribution in [0.2, 0.25) is 0 Å². The molecule has 0 aliphatic heterocycles. The van der Waals surface area contributed by atoms with E-state index in [-0.39, 0.29) is 0 Å². The number of fused-ring (bicyclic) bond motifs is 9. The first-order valence-electron chi connectivity index (χ1n) is 17.2. The van der Waals surface area contributed by atoms with Crippen LogP contribution < -0.4 is 0 Å². The van der Waals surface area contributed by atoms with E-state index in [2.05, 4.69) is 143 Å². The zero-order chi connectivity index (χ0) is 33.5. The molecule has 238 valence electrons. The Hall–Kier alpha value is -6.98. The van der Waals surface area contributed by atoms with Crippen LogP contribution in [0, 0.1) is 0 Å². The lowest BCUT2D eigenvalue weighted by Crippen LogP contribution is -1.96. The third kappa shape index (κ3) is 4.09.